The van der Waals surface area contributed by atoms with Gasteiger partial charge in [-0.05, 0) is 42.5 Å². The highest BCUT2D eigenvalue weighted by Crippen LogP contribution is 2.39. The Morgan fingerprint density at radius 2 is 1.72 bits per heavy atom. The zero-order chi connectivity index (χ0) is 16.7. The molecule has 126 valence electrons. The van der Waals surface area contributed by atoms with Crippen molar-refractivity contribution in [2.75, 3.05) is 0 Å². The first-order valence-electron chi connectivity index (χ1n) is 9.42. The summed E-state index contributed by atoms with van der Waals surface area (Å²) in [4.78, 5) is 13.6. The van der Waals surface area contributed by atoms with Crippen LogP contribution >= 0.6 is 0 Å². The van der Waals surface area contributed by atoms with Gasteiger partial charge in [0.05, 0.1) is 22.3 Å². The van der Waals surface area contributed by atoms with Crippen LogP contribution in [0.15, 0.2) is 53.5 Å². The molecule has 2 aliphatic rings. The summed E-state index contributed by atoms with van der Waals surface area (Å²) >= 11 is 0. The van der Waals surface area contributed by atoms with Crippen LogP contribution in [-0.2, 0) is 12.8 Å². The Kier molecular flexibility index (Phi) is 3.47. The standard InChI is InChI=1S/C22H23N3/c1-6-12-22(13-7-1)15-16-8-2-3-9-17(16)20(25-22)14-21-23-18-10-4-5-11-19(18)24-21/h2-5,8-11H,1,6-7,12-15H2,(H,23,24). The first-order valence-corrected chi connectivity index (χ1v) is 9.42. The van der Waals surface area contributed by atoms with E-state index in [2.05, 4.69) is 47.4 Å². The number of benzene rings is 2. The SMILES string of the molecule is c1ccc2c(c1)CC1(CCCCC1)N=C2Cc1nc2ccccc2[nH]1. The molecule has 0 amide bonds. The molecule has 0 saturated heterocycles. The zero-order valence-electron chi connectivity index (χ0n) is 14.5. The molecule has 1 spiro atoms. The lowest BCUT2D eigenvalue weighted by Crippen LogP contribution is -2.37. The molecule has 0 unspecified atom stereocenters. The summed E-state index contributed by atoms with van der Waals surface area (Å²) in [5, 5.41) is 0. The first-order chi connectivity index (χ1) is 12.3. The molecule has 0 bridgehead atoms. The molecule has 25 heavy (non-hydrogen) atoms. The Hall–Kier alpha value is -2.42. The number of rotatable bonds is 2. The third-order valence-corrected chi connectivity index (χ3v) is 5.78. The third kappa shape index (κ3) is 2.68. The number of aromatic nitrogens is 2. The van der Waals surface area contributed by atoms with E-state index >= 15 is 0 Å². The van der Waals surface area contributed by atoms with E-state index in [0.29, 0.717) is 0 Å². The highest BCUT2D eigenvalue weighted by atomic mass is 14.9. The Labute approximate surface area is 148 Å². The summed E-state index contributed by atoms with van der Waals surface area (Å²) in [7, 11) is 0. The fourth-order valence-electron chi connectivity index (χ4n) is 4.58. The van der Waals surface area contributed by atoms with Gasteiger partial charge in [-0.2, -0.15) is 0 Å². The largest absolute Gasteiger partial charge is 0.342 e. The molecule has 2 aromatic carbocycles. The van der Waals surface area contributed by atoms with Gasteiger partial charge in [0.2, 0.25) is 0 Å². The van der Waals surface area contributed by atoms with Gasteiger partial charge in [0, 0.05) is 6.42 Å². The van der Waals surface area contributed by atoms with Gasteiger partial charge in [-0.15, -0.1) is 0 Å². The second-order valence-corrected chi connectivity index (χ2v) is 7.55. The summed E-state index contributed by atoms with van der Waals surface area (Å²) in [6, 6.07) is 17.1. The van der Waals surface area contributed by atoms with E-state index in [1.807, 2.05) is 6.07 Å². The van der Waals surface area contributed by atoms with E-state index in [9.17, 15) is 0 Å². The molecular formula is C22H23N3. The predicted octanol–water partition coefficient (Wildman–Crippen LogP) is 4.85. The van der Waals surface area contributed by atoms with Crippen LogP contribution in [0.4, 0.5) is 0 Å². The summed E-state index contributed by atoms with van der Waals surface area (Å²) in [6.45, 7) is 0. The van der Waals surface area contributed by atoms with Gasteiger partial charge in [0.15, 0.2) is 0 Å². The smallest absolute Gasteiger partial charge is 0.113 e. The van der Waals surface area contributed by atoms with Crippen LogP contribution in [0.2, 0.25) is 0 Å². The van der Waals surface area contributed by atoms with Crippen LogP contribution in [0, 0.1) is 0 Å². The number of aromatic amines is 1. The Bertz CT molecular complexity index is 912. The van der Waals surface area contributed by atoms with Gasteiger partial charge in [-0.25, -0.2) is 4.98 Å². The molecule has 3 nitrogen and oxygen atoms in total. The van der Waals surface area contributed by atoms with Crippen molar-refractivity contribution in [3.63, 3.8) is 0 Å². The van der Waals surface area contributed by atoms with Crippen molar-refractivity contribution in [3.8, 4) is 0 Å². The highest BCUT2D eigenvalue weighted by molar-refractivity contribution is 6.04. The number of fused-ring (bicyclic) bond motifs is 2. The van der Waals surface area contributed by atoms with E-state index in [-0.39, 0.29) is 5.54 Å². The Morgan fingerprint density at radius 3 is 2.60 bits per heavy atom. The van der Waals surface area contributed by atoms with Crippen LogP contribution < -0.4 is 0 Å². The molecular weight excluding hydrogens is 306 g/mol. The lowest BCUT2D eigenvalue weighted by atomic mass is 9.74. The fraction of sp³-hybridized carbons (Fsp3) is 0.364. The number of hydrogen-bond acceptors (Lipinski definition) is 2. The van der Waals surface area contributed by atoms with Crippen LogP contribution in [0.1, 0.15) is 49.1 Å². The number of para-hydroxylation sites is 2. The lowest BCUT2D eigenvalue weighted by Gasteiger charge is -2.38. The number of nitrogens with one attached hydrogen (secondary N) is 1. The summed E-state index contributed by atoms with van der Waals surface area (Å²) in [5.74, 6) is 1.02. The van der Waals surface area contributed by atoms with Crippen molar-refractivity contribution in [2.24, 2.45) is 4.99 Å². The molecule has 3 heteroatoms. The van der Waals surface area contributed by atoms with Crippen molar-refractivity contribution in [1.29, 1.82) is 0 Å². The third-order valence-electron chi connectivity index (χ3n) is 5.78. The molecule has 1 saturated carbocycles. The minimum atomic E-state index is 0.133. The first kappa shape index (κ1) is 14.9. The molecule has 5 rings (SSSR count). The molecule has 2 heterocycles. The van der Waals surface area contributed by atoms with Gasteiger partial charge in [0.1, 0.15) is 5.82 Å². The zero-order valence-corrected chi connectivity index (χ0v) is 14.5. The maximum absolute atomic E-state index is 5.34. The fourth-order valence-corrected chi connectivity index (χ4v) is 4.58. The summed E-state index contributed by atoms with van der Waals surface area (Å²) in [6.07, 6.45) is 8.32. The second kappa shape index (κ2) is 5.83. The van der Waals surface area contributed by atoms with Crippen molar-refractivity contribution in [3.05, 3.63) is 65.5 Å². The minimum Gasteiger partial charge on any atom is -0.342 e. The van der Waals surface area contributed by atoms with Gasteiger partial charge in [-0.3, -0.25) is 4.99 Å². The van der Waals surface area contributed by atoms with Crippen molar-refractivity contribution >= 4 is 16.7 Å². The van der Waals surface area contributed by atoms with E-state index in [1.54, 1.807) is 0 Å². The number of aliphatic imine (C=N–C) groups is 1. The molecule has 1 aliphatic heterocycles. The van der Waals surface area contributed by atoms with Crippen molar-refractivity contribution in [2.45, 2.75) is 50.5 Å². The minimum absolute atomic E-state index is 0.133. The monoisotopic (exact) mass is 329 g/mol. The van der Waals surface area contributed by atoms with E-state index in [0.717, 1.165) is 29.7 Å². The Morgan fingerprint density at radius 1 is 0.920 bits per heavy atom. The maximum atomic E-state index is 5.34. The molecule has 0 atom stereocenters. The predicted molar refractivity (Wildman–Crippen MR) is 102 cm³/mol. The molecule has 1 fully saturated rings. The van der Waals surface area contributed by atoms with Gasteiger partial charge < -0.3 is 4.98 Å². The maximum Gasteiger partial charge on any atom is 0.113 e. The average Bonchev–Trinajstić information content (AvgIpc) is 3.04. The molecule has 3 aromatic rings. The van der Waals surface area contributed by atoms with Gasteiger partial charge >= 0.3 is 0 Å². The van der Waals surface area contributed by atoms with Crippen molar-refractivity contribution in [1.82, 2.24) is 9.97 Å². The molecule has 1 aromatic heterocycles. The quantitative estimate of drug-likeness (QED) is 0.717. The number of H-pyrrole nitrogens is 1. The highest BCUT2D eigenvalue weighted by Gasteiger charge is 2.36. The summed E-state index contributed by atoms with van der Waals surface area (Å²) in [5.41, 5.74) is 6.27. The van der Waals surface area contributed by atoms with Crippen LogP contribution in [-0.4, -0.2) is 21.2 Å². The summed E-state index contributed by atoms with van der Waals surface area (Å²) < 4.78 is 0. The number of hydrogen-bond donors (Lipinski definition) is 1. The normalized spacial score (nSPS) is 19.0. The molecule has 1 N–H and O–H groups in total. The molecule has 0 radical (unpaired) electrons. The van der Waals surface area contributed by atoms with Crippen LogP contribution in [0.25, 0.3) is 11.0 Å². The van der Waals surface area contributed by atoms with Gasteiger partial charge in [0.25, 0.3) is 0 Å². The van der Waals surface area contributed by atoms with E-state index < -0.39 is 0 Å². The number of nitrogens with zero attached hydrogens (tertiary/aromatic N) is 2. The average molecular weight is 329 g/mol. The van der Waals surface area contributed by atoms with E-state index in [1.165, 1.54) is 48.9 Å². The van der Waals surface area contributed by atoms with Crippen LogP contribution in [0.3, 0.4) is 0 Å². The van der Waals surface area contributed by atoms with Crippen LogP contribution in [0.5, 0.6) is 0 Å². The van der Waals surface area contributed by atoms with Gasteiger partial charge in [-0.1, -0.05) is 55.7 Å². The molecule has 1 aliphatic carbocycles. The topological polar surface area (TPSA) is 41.0 Å². The Balaban J connectivity index is 1.56. The number of imidazole rings is 1. The van der Waals surface area contributed by atoms with E-state index in [4.69, 9.17) is 9.98 Å². The van der Waals surface area contributed by atoms with Crippen molar-refractivity contribution < 1.29 is 0 Å². The lowest BCUT2D eigenvalue weighted by molar-refractivity contribution is 0.293. The second-order valence-electron chi connectivity index (χ2n) is 7.55.